The summed E-state index contributed by atoms with van der Waals surface area (Å²) in [6, 6.07) is 76.4. The van der Waals surface area contributed by atoms with Gasteiger partial charge in [-0.2, -0.15) is 0 Å². The fourth-order valence-electron chi connectivity index (χ4n) is 9.91. The quantitative estimate of drug-likeness (QED) is 0.175. The Kier molecular flexibility index (Phi) is 7.51. The molecule has 0 unspecified atom stereocenters. The third kappa shape index (κ3) is 5.08. The Labute approximate surface area is 343 Å². The Bertz CT molecular complexity index is 3150. The molecule has 0 fully saturated rings. The zero-order valence-corrected chi connectivity index (χ0v) is 32.2. The molecular formula is C56H37NO2. The summed E-state index contributed by atoms with van der Waals surface area (Å²) < 4.78 is 13.2. The SMILES string of the molecule is c1ccc(-c2ccc(-c3ccc(N(c4cccc5c4Cc4ccccc4C54c5ccccc5Oc5ccccc54)c4cccc5oc6ccccc6c45)cc3)cc2)cc1. The molecule has 1 spiro atoms. The first-order valence-corrected chi connectivity index (χ1v) is 20.3. The van der Waals surface area contributed by atoms with Crippen molar-refractivity contribution in [2.75, 3.05) is 4.90 Å². The number of furan rings is 1. The van der Waals surface area contributed by atoms with Crippen LogP contribution >= 0.6 is 0 Å². The first-order chi connectivity index (χ1) is 29.3. The number of ether oxygens (including phenoxy) is 1. The molecule has 3 heteroatoms. The molecule has 0 atom stereocenters. The second-order valence-electron chi connectivity index (χ2n) is 15.6. The molecule has 59 heavy (non-hydrogen) atoms. The summed E-state index contributed by atoms with van der Waals surface area (Å²) in [6.45, 7) is 0. The Hall–Kier alpha value is -7.62. The first kappa shape index (κ1) is 33.5. The van der Waals surface area contributed by atoms with Crippen molar-refractivity contribution in [1.29, 1.82) is 0 Å². The summed E-state index contributed by atoms with van der Waals surface area (Å²) in [4.78, 5) is 2.46. The van der Waals surface area contributed by atoms with Crippen LogP contribution < -0.4 is 9.64 Å². The van der Waals surface area contributed by atoms with Crippen molar-refractivity contribution in [1.82, 2.24) is 0 Å². The lowest BCUT2D eigenvalue weighted by Gasteiger charge is -2.46. The number of fused-ring (bicyclic) bond motifs is 11. The maximum atomic E-state index is 6.69. The molecule has 0 bridgehead atoms. The van der Waals surface area contributed by atoms with E-state index in [2.05, 4.69) is 211 Å². The molecule has 3 nitrogen and oxygen atoms in total. The van der Waals surface area contributed by atoms with Gasteiger partial charge in [0, 0.05) is 28.6 Å². The summed E-state index contributed by atoms with van der Waals surface area (Å²) in [7, 11) is 0. The van der Waals surface area contributed by atoms with Crippen molar-refractivity contribution in [3.8, 4) is 33.8 Å². The van der Waals surface area contributed by atoms with E-state index in [0.717, 1.165) is 68.0 Å². The lowest BCUT2D eigenvalue weighted by atomic mass is 9.58. The first-order valence-electron chi connectivity index (χ1n) is 20.3. The van der Waals surface area contributed by atoms with E-state index in [-0.39, 0.29) is 0 Å². The molecular weight excluding hydrogens is 719 g/mol. The van der Waals surface area contributed by atoms with Crippen LogP contribution in [0.1, 0.15) is 33.4 Å². The molecule has 9 aromatic carbocycles. The minimum Gasteiger partial charge on any atom is -0.457 e. The lowest BCUT2D eigenvalue weighted by molar-refractivity contribution is 0.432. The molecule has 0 saturated heterocycles. The van der Waals surface area contributed by atoms with E-state index in [1.807, 2.05) is 6.07 Å². The fourth-order valence-corrected chi connectivity index (χ4v) is 9.91. The molecule has 12 rings (SSSR count). The zero-order chi connectivity index (χ0) is 38.9. The molecule has 2 aliphatic rings. The van der Waals surface area contributed by atoms with Crippen LogP contribution in [0.3, 0.4) is 0 Å². The number of rotatable bonds is 5. The molecule has 1 aliphatic carbocycles. The maximum Gasteiger partial charge on any atom is 0.137 e. The number of benzene rings is 9. The van der Waals surface area contributed by atoms with Gasteiger partial charge in [0.1, 0.15) is 22.7 Å². The average Bonchev–Trinajstić information content (AvgIpc) is 3.69. The van der Waals surface area contributed by atoms with Crippen molar-refractivity contribution in [2.45, 2.75) is 11.8 Å². The van der Waals surface area contributed by atoms with Crippen LogP contribution in [0.5, 0.6) is 11.5 Å². The van der Waals surface area contributed by atoms with Gasteiger partial charge in [0.2, 0.25) is 0 Å². The van der Waals surface area contributed by atoms with E-state index >= 15 is 0 Å². The smallest absolute Gasteiger partial charge is 0.137 e. The molecule has 278 valence electrons. The Morgan fingerprint density at radius 2 is 0.915 bits per heavy atom. The largest absolute Gasteiger partial charge is 0.457 e. The highest BCUT2D eigenvalue weighted by Gasteiger charge is 2.49. The number of hydrogen-bond acceptors (Lipinski definition) is 3. The standard InChI is InChI=1S/C56H37NO2/c1-2-14-37(15-3-1)38-28-30-39(31-29-38)40-32-34-42(35-33-40)57(50-23-13-27-54-55(50)43-17-5-9-24-51(43)58-54)49-22-12-21-46-44(49)36-41-16-4-6-18-45(41)56(46)47-19-7-10-25-52(47)59-53-26-11-8-20-48(53)56/h1-35H,36H2. The summed E-state index contributed by atoms with van der Waals surface area (Å²) >= 11 is 0. The van der Waals surface area contributed by atoms with Crippen LogP contribution in [-0.4, -0.2) is 0 Å². The molecule has 0 amide bonds. The van der Waals surface area contributed by atoms with Gasteiger partial charge in [-0.1, -0.05) is 164 Å². The third-order valence-electron chi connectivity index (χ3n) is 12.5. The van der Waals surface area contributed by atoms with Gasteiger partial charge in [0.05, 0.1) is 22.2 Å². The third-order valence-corrected chi connectivity index (χ3v) is 12.5. The van der Waals surface area contributed by atoms with Crippen LogP contribution in [0, 0.1) is 0 Å². The number of hydrogen-bond donors (Lipinski definition) is 0. The molecule has 0 saturated carbocycles. The van der Waals surface area contributed by atoms with E-state index in [1.54, 1.807) is 0 Å². The van der Waals surface area contributed by atoms with E-state index in [4.69, 9.17) is 9.15 Å². The minimum absolute atomic E-state index is 0.596. The van der Waals surface area contributed by atoms with Gasteiger partial charge in [0.15, 0.2) is 0 Å². The number of nitrogens with zero attached hydrogens (tertiary/aromatic N) is 1. The molecule has 1 aliphatic heterocycles. The van der Waals surface area contributed by atoms with Crippen molar-refractivity contribution in [3.63, 3.8) is 0 Å². The van der Waals surface area contributed by atoms with Crippen LogP contribution in [0.4, 0.5) is 17.1 Å². The van der Waals surface area contributed by atoms with Gasteiger partial charge in [-0.25, -0.2) is 0 Å². The highest BCUT2D eigenvalue weighted by atomic mass is 16.5. The zero-order valence-electron chi connectivity index (χ0n) is 32.2. The summed E-state index contributed by atoms with van der Waals surface area (Å²) in [5.74, 6) is 1.77. The van der Waals surface area contributed by atoms with Gasteiger partial charge in [-0.15, -0.1) is 0 Å². The van der Waals surface area contributed by atoms with Gasteiger partial charge < -0.3 is 14.1 Å². The van der Waals surface area contributed by atoms with Crippen LogP contribution in [-0.2, 0) is 11.8 Å². The predicted octanol–water partition coefficient (Wildman–Crippen LogP) is 14.8. The molecule has 0 radical (unpaired) electrons. The van der Waals surface area contributed by atoms with Gasteiger partial charge in [0.25, 0.3) is 0 Å². The second kappa shape index (κ2) is 13.2. The van der Waals surface area contributed by atoms with Crippen molar-refractivity contribution in [3.05, 3.63) is 246 Å². The highest BCUT2D eigenvalue weighted by Crippen LogP contribution is 2.60. The fraction of sp³-hybridized carbons (Fsp3) is 0.0357. The molecule has 0 N–H and O–H groups in total. The Morgan fingerprint density at radius 1 is 0.390 bits per heavy atom. The average molecular weight is 756 g/mol. The van der Waals surface area contributed by atoms with Gasteiger partial charge in [-0.05, 0) is 93.0 Å². The van der Waals surface area contributed by atoms with Crippen molar-refractivity contribution < 1.29 is 9.15 Å². The van der Waals surface area contributed by atoms with E-state index in [1.165, 1.54) is 44.5 Å². The number of anilines is 3. The van der Waals surface area contributed by atoms with Crippen LogP contribution in [0.25, 0.3) is 44.2 Å². The monoisotopic (exact) mass is 755 g/mol. The minimum atomic E-state index is -0.596. The van der Waals surface area contributed by atoms with Crippen LogP contribution in [0.2, 0.25) is 0 Å². The van der Waals surface area contributed by atoms with Crippen LogP contribution in [0.15, 0.2) is 217 Å². The summed E-state index contributed by atoms with van der Waals surface area (Å²) in [6.07, 6.45) is 0.777. The normalized spacial score (nSPS) is 13.3. The Balaban J connectivity index is 1.10. The molecule has 1 aromatic heterocycles. The number of para-hydroxylation sites is 3. The Morgan fingerprint density at radius 3 is 1.64 bits per heavy atom. The molecule has 2 heterocycles. The van der Waals surface area contributed by atoms with E-state index in [0.29, 0.717) is 0 Å². The predicted molar refractivity (Wildman–Crippen MR) is 240 cm³/mol. The topological polar surface area (TPSA) is 25.6 Å². The van der Waals surface area contributed by atoms with Crippen molar-refractivity contribution >= 4 is 39.0 Å². The van der Waals surface area contributed by atoms with Gasteiger partial charge in [-0.3, -0.25) is 0 Å². The maximum absolute atomic E-state index is 6.69. The highest BCUT2D eigenvalue weighted by molar-refractivity contribution is 6.13. The van der Waals surface area contributed by atoms with Gasteiger partial charge >= 0.3 is 0 Å². The second-order valence-corrected chi connectivity index (χ2v) is 15.6. The van der Waals surface area contributed by atoms with E-state index < -0.39 is 5.41 Å². The summed E-state index contributed by atoms with van der Waals surface area (Å²) in [5.41, 5.74) is 16.6. The van der Waals surface area contributed by atoms with Crippen molar-refractivity contribution in [2.24, 2.45) is 0 Å². The lowest BCUT2D eigenvalue weighted by Crippen LogP contribution is -2.38. The van der Waals surface area contributed by atoms with E-state index in [9.17, 15) is 0 Å². The summed E-state index contributed by atoms with van der Waals surface area (Å²) in [5, 5.41) is 2.19. The molecule has 10 aromatic rings.